The topological polar surface area (TPSA) is 95.9 Å². The number of hydrogen-bond donors (Lipinski definition) is 2. The Hall–Kier alpha value is -3.00. The van der Waals surface area contributed by atoms with E-state index >= 15 is 0 Å². The molecule has 2 aromatic carbocycles. The number of nitrogens with zero attached hydrogens (tertiary/aromatic N) is 1. The van der Waals surface area contributed by atoms with E-state index in [1.807, 2.05) is 37.4 Å². The van der Waals surface area contributed by atoms with Crippen molar-refractivity contribution < 1.29 is 24.2 Å². The molecular formula is C27H30N2O5S. The Morgan fingerprint density at radius 3 is 2.29 bits per heavy atom. The number of carbonyl (C=O) groups is 3. The van der Waals surface area contributed by atoms with Crippen LogP contribution in [0.2, 0.25) is 0 Å². The lowest BCUT2D eigenvalue weighted by Gasteiger charge is -2.43. The molecule has 184 valence electrons. The highest BCUT2D eigenvalue weighted by atomic mass is 32.2. The normalized spacial score (nSPS) is 24.8. The van der Waals surface area contributed by atoms with Crippen LogP contribution >= 0.6 is 11.8 Å². The first-order valence-corrected chi connectivity index (χ1v) is 13.3. The second-order valence-corrected chi connectivity index (χ2v) is 11.2. The Labute approximate surface area is 209 Å². The maximum atomic E-state index is 13.4. The zero-order valence-corrected chi connectivity index (χ0v) is 20.8. The summed E-state index contributed by atoms with van der Waals surface area (Å²) >= 11 is 1.57. The number of thioether (sulfide) groups is 1. The highest BCUT2D eigenvalue weighted by molar-refractivity contribution is 7.98. The number of carbonyl (C=O) groups excluding carboxylic acids is 2. The average Bonchev–Trinajstić information content (AvgIpc) is 3.43. The van der Waals surface area contributed by atoms with E-state index in [9.17, 15) is 19.5 Å². The van der Waals surface area contributed by atoms with Crippen molar-refractivity contribution in [1.29, 1.82) is 0 Å². The van der Waals surface area contributed by atoms with Gasteiger partial charge in [0, 0.05) is 12.5 Å². The fraction of sp³-hybridized carbons (Fsp3) is 0.444. The van der Waals surface area contributed by atoms with Gasteiger partial charge in [-0.05, 0) is 58.9 Å². The molecule has 4 aliphatic rings. The summed E-state index contributed by atoms with van der Waals surface area (Å²) in [6, 6.07) is 15.4. The molecule has 2 bridgehead atoms. The molecule has 2 aliphatic heterocycles. The van der Waals surface area contributed by atoms with Crippen LogP contribution in [0.3, 0.4) is 0 Å². The van der Waals surface area contributed by atoms with Crippen LogP contribution in [0.25, 0.3) is 11.1 Å². The van der Waals surface area contributed by atoms with Crippen LogP contribution in [0.4, 0.5) is 4.79 Å². The first-order chi connectivity index (χ1) is 16.8. The number of benzene rings is 2. The lowest BCUT2D eigenvalue weighted by Crippen LogP contribution is -2.59. The smallest absolute Gasteiger partial charge is 0.407 e. The Morgan fingerprint density at radius 2 is 1.71 bits per heavy atom. The van der Waals surface area contributed by atoms with Gasteiger partial charge in [-0.15, -0.1) is 0 Å². The van der Waals surface area contributed by atoms with Crippen LogP contribution in [0.1, 0.15) is 43.2 Å². The van der Waals surface area contributed by atoms with Crippen LogP contribution in [-0.2, 0) is 14.3 Å². The lowest BCUT2D eigenvalue weighted by atomic mass is 9.63. The quantitative estimate of drug-likeness (QED) is 0.573. The van der Waals surface area contributed by atoms with E-state index < -0.39 is 23.6 Å². The van der Waals surface area contributed by atoms with Gasteiger partial charge in [0.2, 0.25) is 5.91 Å². The number of carboxylic acid groups (broad SMARTS) is 1. The third-order valence-corrected chi connectivity index (χ3v) is 8.35. The minimum absolute atomic E-state index is 0.0745. The molecule has 3 fully saturated rings. The molecule has 1 atom stereocenters. The lowest BCUT2D eigenvalue weighted by molar-refractivity contribution is -0.160. The van der Waals surface area contributed by atoms with Crippen molar-refractivity contribution in [2.24, 2.45) is 5.41 Å². The SMILES string of the molecule is CSCC[C@H](NC(=O)OCC1c2ccccc2-c2ccccc21)C(=O)N1CC2(C)CC1(C(=O)O)C2. The molecule has 2 saturated heterocycles. The van der Waals surface area contributed by atoms with Crippen molar-refractivity contribution in [3.63, 3.8) is 0 Å². The number of nitrogens with one attached hydrogen (secondary N) is 1. The van der Waals surface area contributed by atoms with Gasteiger partial charge in [-0.1, -0.05) is 55.5 Å². The highest BCUT2D eigenvalue weighted by Crippen LogP contribution is 2.59. The van der Waals surface area contributed by atoms with Gasteiger partial charge in [-0.3, -0.25) is 4.79 Å². The second-order valence-electron chi connectivity index (χ2n) is 10.2. The Kier molecular flexibility index (Phi) is 6.03. The highest BCUT2D eigenvalue weighted by Gasteiger charge is 2.69. The van der Waals surface area contributed by atoms with Gasteiger partial charge in [-0.25, -0.2) is 9.59 Å². The van der Waals surface area contributed by atoms with E-state index in [1.54, 1.807) is 11.8 Å². The molecule has 2 N–H and O–H groups in total. The van der Waals surface area contributed by atoms with Crippen molar-refractivity contribution in [2.75, 3.05) is 25.2 Å². The van der Waals surface area contributed by atoms with Gasteiger partial charge in [0.05, 0.1) is 0 Å². The minimum atomic E-state index is -1.15. The summed E-state index contributed by atoms with van der Waals surface area (Å²) in [7, 11) is 0. The fourth-order valence-electron chi connectivity index (χ4n) is 6.22. The van der Waals surface area contributed by atoms with Crippen molar-refractivity contribution >= 4 is 29.7 Å². The zero-order valence-electron chi connectivity index (χ0n) is 20.0. The molecular weight excluding hydrogens is 464 g/mol. The number of amides is 2. The van der Waals surface area contributed by atoms with Gasteiger partial charge in [0.15, 0.2) is 0 Å². The molecule has 35 heavy (non-hydrogen) atoms. The summed E-state index contributed by atoms with van der Waals surface area (Å²) < 4.78 is 5.65. The van der Waals surface area contributed by atoms with Crippen LogP contribution in [0.5, 0.6) is 0 Å². The second kappa shape index (κ2) is 8.90. The summed E-state index contributed by atoms with van der Waals surface area (Å²) in [5, 5.41) is 12.6. The molecule has 0 radical (unpaired) electrons. The van der Waals surface area contributed by atoms with Crippen LogP contribution < -0.4 is 5.32 Å². The van der Waals surface area contributed by atoms with Crippen LogP contribution in [-0.4, -0.2) is 64.7 Å². The van der Waals surface area contributed by atoms with E-state index in [0.29, 0.717) is 31.6 Å². The van der Waals surface area contributed by atoms with Crippen molar-refractivity contribution in [1.82, 2.24) is 10.2 Å². The molecule has 8 heteroatoms. The van der Waals surface area contributed by atoms with Crippen molar-refractivity contribution in [3.05, 3.63) is 59.7 Å². The monoisotopic (exact) mass is 494 g/mol. The fourth-order valence-corrected chi connectivity index (χ4v) is 6.69. The van der Waals surface area contributed by atoms with E-state index in [1.165, 1.54) is 4.90 Å². The Balaban J connectivity index is 1.28. The van der Waals surface area contributed by atoms with Gasteiger partial charge in [0.25, 0.3) is 0 Å². The number of aliphatic carboxylic acids is 1. The summed E-state index contributed by atoms with van der Waals surface area (Å²) in [5.74, 6) is -0.720. The van der Waals surface area contributed by atoms with Gasteiger partial charge >= 0.3 is 12.1 Å². The third-order valence-electron chi connectivity index (χ3n) is 7.70. The third kappa shape index (κ3) is 3.97. The maximum absolute atomic E-state index is 13.4. The first kappa shape index (κ1) is 23.7. The molecule has 6 rings (SSSR count). The number of carboxylic acids is 1. The summed E-state index contributed by atoms with van der Waals surface area (Å²) in [6.45, 7) is 2.57. The van der Waals surface area contributed by atoms with E-state index in [4.69, 9.17) is 4.74 Å². The van der Waals surface area contributed by atoms with Crippen molar-refractivity contribution in [3.8, 4) is 11.1 Å². The molecule has 2 heterocycles. The largest absolute Gasteiger partial charge is 0.479 e. The number of fused-ring (bicyclic) bond motifs is 4. The van der Waals surface area contributed by atoms with Crippen molar-refractivity contribution in [2.45, 2.75) is 43.7 Å². The summed E-state index contributed by atoms with van der Waals surface area (Å²) in [5.41, 5.74) is 3.21. The molecule has 2 amide bonds. The predicted molar refractivity (Wildman–Crippen MR) is 134 cm³/mol. The van der Waals surface area contributed by atoms with E-state index in [-0.39, 0.29) is 23.8 Å². The molecule has 0 aromatic heterocycles. The minimum Gasteiger partial charge on any atom is -0.479 e. The summed E-state index contributed by atoms with van der Waals surface area (Å²) in [6.07, 6.45) is 2.60. The summed E-state index contributed by atoms with van der Waals surface area (Å²) in [4.78, 5) is 39.8. The standard InChI is InChI=1S/C27H30N2O5S/c1-26-14-27(15-26,24(31)32)29(16-26)23(30)22(11-12-35-2)28-25(33)34-13-21-19-9-5-3-7-17(19)18-8-4-6-10-20(18)21/h3-10,21-22H,11-16H2,1-2H3,(H,28,33)(H,31,32)/t22-,26?,27?/m0/s1. The molecule has 2 aliphatic carbocycles. The number of ether oxygens (including phenoxy) is 1. The van der Waals surface area contributed by atoms with Crippen LogP contribution in [0.15, 0.2) is 48.5 Å². The predicted octanol–water partition coefficient (Wildman–Crippen LogP) is 4.11. The molecule has 0 spiro atoms. The van der Waals surface area contributed by atoms with E-state index in [0.717, 1.165) is 22.3 Å². The maximum Gasteiger partial charge on any atom is 0.407 e. The Bertz CT molecular complexity index is 1130. The number of alkyl carbamates (subject to hydrolysis) is 1. The van der Waals surface area contributed by atoms with Gasteiger partial charge in [0.1, 0.15) is 18.2 Å². The molecule has 1 saturated carbocycles. The van der Waals surface area contributed by atoms with E-state index in [2.05, 4.69) is 29.6 Å². The zero-order chi connectivity index (χ0) is 24.8. The average molecular weight is 495 g/mol. The number of rotatable bonds is 8. The van der Waals surface area contributed by atoms with Gasteiger partial charge < -0.3 is 20.1 Å². The van der Waals surface area contributed by atoms with Crippen LogP contribution in [0, 0.1) is 5.41 Å². The molecule has 0 unspecified atom stereocenters. The Morgan fingerprint density at radius 1 is 1.11 bits per heavy atom. The first-order valence-electron chi connectivity index (χ1n) is 11.9. The molecule has 2 aromatic rings. The van der Waals surface area contributed by atoms with Gasteiger partial charge in [-0.2, -0.15) is 11.8 Å². The molecule has 7 nitrogen and oxygen atoms in total. The number of hydrogen-bond acceptors (Lipinski definition) is 5.